The second kappa shape index (κ2) is 10.0. The van der Waals surface area contributed by atoms with Crippen molar-refractivity contribution in [1.82, 2.24) is 20.2 Å². The summed E-state index contributed by atoms with van der Waals surface area (Å²) in [4.78, 5) is 24.7. The Morgan fingerprint density at radius 2 is 1.76 bits per heavy atom. The molecule has 1 aliphatic heterocycles. The Balaban J connectivity index is 1.92. The molecule has 1 N–H and O–H groups in total. The number of hydrogen-bond acceptors (Lipinski definition) is 12. The predicted octanol–water partition coefficient (Wildman–Crippen LogP) is 1.91. The van der Waals surface area contributed by atoms with Crippen LogP contribution in [0.1, 0.15) is 24.4 Å². The lowest BCUT2D eigenvalue weighted by atomic mass is 9.83. The third kappa shape index (κ3) is 4.78. The van der Waals surface area contributed by atoms with Gasteiger partial charge in [-0.2, -0.15) is 4.80 Å². The molecule has 4 rings (SSSR count). The summed E-state index contributed by atoms with van der Waals surface area (Å²) in [6.07, 6.45) is -2.40. The smallest absolute Gasteiger partial charge is 0.270 e. The van der Waals surface area contributed by atoms with E-state index in [1.807, 2.05) is 0 Å². The number of anilines is 1. The monoisotopic (exact) mass is 515 g/mol. The van der Waals surface area contributed by atoms with Crippen LogP contribution in [0.3, 0.4) is 0 Å². The van der Waals surface area contributed by atoms with E-state index in [1.54, 1.807) is 18.9 Å². The number of aromatic nitrogens is 4. The molecule has 1 aliphatic rings. The molecule has 196 valence electrons. The Bertz CT molecular complexity index is 1300. The lowest BCUT2D eigenvalue weighted by Crippen LogP contribution is -2.62. The van der Waals surface area contributed by atoms with Crippen LogP contribution in [0.4, 0.5) is 17.1 Å². The Hall–Kier alpha value is -4.21. The number of non-ortho nitro benzene ring substituents is 2. The number of fused-ring (bicyclic) bond motifs is 1. The summed E-state index contributed by atoms with van der Waals surface area (Å²) in [5.74, 6) is 0.546. The third-order valence-electron chi connectivity index (χ3n) is 6.22. The van der Waals surface area contributed by atoms with E-state index in [9.17, 15) is 25.3 Å². The molecule has 1 aromatic heterocycles. The highest BCUT2D eigenvalue weighted by Gasteiger charge is 2.54. The molecule has 2 aromatic carbocycles. The molecule has 0 fully saturated rings. The number of hydrogen-bond donors (Lipinski definition) is 1. The Kier molecular flexibility index (Phi) is 7.02. The van der Waals surface area contributed by atoms with Crippen LogP contribution in [0.15, 0.2) is 42.5 Å². The standard InChI is InChI=1S/C22H25N7O8/c1-22(21(35-3)36-4)20(30)19(16-11-15(29(33)34)9-10-17(16)37-22)27(12-18-23-25-26(2)24-18)13-5-7-14(8-6-13)28(31)32/h5-11,19-21,30H,12H2,1-4H3/t19-,20+,22+/m1/s1. The summed E-state index contributed by atoms with van der Waals surface area (Å²) in [5, 5.41) is 46.7. The highest BCUT2D eigenvalue weighted by molar-refractivity contribution is 5.57. The minimum Gasteiger partial charge on any atom is -0.479 e. The number of benzene rings is 2. The molecule has 0 spiro atoms. The molecule has 3 atom stereocenters. The number of nitro benzene ring substituents is 2. The van der Waals surface area contributed by atoms with Crippen molar-refractivity contribution in [2.75, 3.05) is 19.1 Å². The van der Waals surface area contributed by atoms with E-state index < -0.39 is 33.9 Å². The summed E-state index contributed by atoms with van der Waals surface area (Å²) in [6, 6.07) is 8.73. The predicted molar refractivity (Wildman–Crippen MR) is 127 cm³/mol. The van der Waals surface area contributed by atoms with Crippen LogP contribution in [-0.2, 0) is 23.1 Å². The molecule has 3 aromatic rings. The normalized spacial score (nSPS) is 20.8. The van der Waals surface area contributed by atoms with Crippen molar-refractivity contribution >= 4 is 17.1 Å². The van der Waals surface area contributed by atoms with Gasteiger partial charge in [0, 0.05) is 49.7 Å². The average molecular weight is 515 g/mol. The molecule has 15 heteroatoms. The van der Waals surface area contributed by atoms with Crippen molar-refractivity contribution in [2.24, 2.45) is 7.05 Å². The van der Waals surface area contributed by atoms with Crippen molar-refractivity contribution in [1.29, 1.82) is 0 Å². The molecule has 0 aliphatic carbocycles. The van der Waals surface area contributed by atoms with E-state index in [1.165, 1.54) is 61.5 Å². The van der Waals surface area contributed by atoms with Gasteiger partial charge in [0.25, 0.3) is 11.4 Å². The SMILES string of the molecule is COC(OC)[C@@]1(C)Oc2ccc([N+](=O)[O-])cc2[C@@H](N(Cc2nnn(C)n2)c2ccc([N+](=O)[O-])cc2)[C@@H]1O. The van der Waals surface area contributed by atoms with E-state index >= 15 is 0 Å². The third-order valence-corrected chi connectivity index (χ3v) is 6.22. The van der Waals surface area contributed by atoms with E-state index in [-0.39, 0.29) is 29.5 Å². The summed E-state index contributed by atoms with van der Waals surface area (Å²) < 4.78 is 17.0. The van der Waals surface area contributed by atoms with E-state index in [4.69, 9.17) is 14.2 Å². The van der Waals surface area contributed by atoms with Gasteiger partial charge in [0.05, 0.1) is 29.5 Å². The quantitative estimate of drug-likeness (QED) is 0.249. The second-order valence-corrected chi connectivity index (χ2v) is 8.55. The fraction of sp³-hybridized carbons (Fsp3) is 0.409. The highest BCUT2D eigenvalue weighted by Crippen LogP contribution is 2.47. The van der Waals surface area contributed by atoms with Crippen LogP contribution in [0.2, 0.25) is 0 Å². The van der Waals surface area contributed by atoms with Crippen LogP contribution < -0.4 is 9.64 Å². The van der Waals surface area contributed by atoms with Crippen molar-refractivity contribution < 1.29 is 29.2 Å². The van der Waals surface area contributed by atoms with Gasteiger partial charge >= 0.3 is 0 Å². The fourth-order valence-corrected chi connectivity index (χ4v) is 4.50. The molecule has 0 unspecified atom stereocenters. The molecular weight excluding hydrogens is 490 g/mol. The molecule has 15 nitrogen and oxygen atoms in total. The lowest BCUT2D eigenvalue weighted by molar-refractivity contribution is -0.385. The van der Waals surface area contributed by atoms with E-state index in [2.05, 4.69) is 15.4 Å². The maximum Gasteiger partial charge on any atom is 0.270 e. The van der Waals surface area contributed by atoms with Gasteiger partial charge in [-0.25, -0.2) is 0 Å². The first-order chi connectivity index (χ1) is 17.6. The highest BCUT2D eigenvalue weighted by atomic mass is 16.7. The number of rotatable bonds is 9. The molecule has 2 heterocycles. The lowest BCUT2D eigenvalue weighted by Gasteiger charge is -2.49. The maximum atomic E-state index is 11.8. The van der Waals surface area contributed by atoms with Crippen molar-refractivity contribution in [3.63, 3.8) is 0 Å². The number of nitro groups is 2. The van der Waals surface area contributed by atoms with Crippen LogP contribution in [0.25, 0.3) is 0 Å². The molecule has 0 amide bonds. The van der Waals surface area contributed by atoms with Gasteiger partial charge < -0.3 is 24.2 Å². The number of aliphatic hydroxyl groups is 1. The van der Waals surface area contributed by atoms with Gasteiger partial charge in [0.15, 0.2) is 17.7 Å². The first-order valence-corrected chi connectivity index (χ1v) is 11.0. The van der Waals surface area contributed by atoms with Gasteiger partial charge in [-0.05, 0) is 30.3 Å². The molecule has 0 radical (unpaired) electrons. The number of methoxy groups -OCH3 is 2. The number of aryl methyl sites for hydroxylation is 1. The summed E-state index contributed by atoms with van der Waals surface area (Å²) in [7, 11) is 4.38. The molecule has 37 heavy (non-hydrogen) atoms. The van der Waals surface area contributed by atoms with Gasteiger partial charge in [0.2, 0.25) is 0 Å². The second-order valence-electron chi connectivity index (χ2n) is 8.55. The van der Waals surface area contributed by atoms with Crippen LogP contribution in [-0.4, -0.2) is 67.4 Å². The van der Waals surface area contributed by atoms with Crippen LogP contribution >= 0.6 is 0 Å². The topological polar surface area (TPSA) is 181 Å². The Labute approximate surface area is 210 Å². The molecular formula is C22H25N7O8. The van der Waals surface area contributed by atoms with Gasteiger partial charge in [-0.1, -0.05) is 0 Å². The zero-order chi connectivity index (χ0) is 26.9. The van der Waals surface area contributed by atoms with Crippen molar-refractivity contribution in [3.8, 4) is 5.75 Å². The Morgan fingerprint density at radius 1 is 1.14 bits per heavy atom. The summed E-state index contributed by atoms with van der Waals surface area (Å²) in [5.41, 5.74) is -1.04. The number of nitrogens with zero attached hydrogens (tertiary/aromatic N) is 7. The first-order valence-electron chi connectivity index (χ1n) is 11.0. The fourth-order valence-electron chi connectivity index (χ4n) is 4.50. The number of tetrazole rings is 1. The van der Waals surface area contributed by atoms with Crippen molar-refractivity contribution in [3.05, 3.63) is 74.1 Å². The minimum atomic E-state index is -1.47. The molecule has 0 bridgehead atoms. The van der Waals surface area contributed by atoms with Gasteiger partial charge in [0.1, 0.15) is 11.9 Å². The first kappa shape index (κ1) is 25.9. The number of aliphatic hydroxyl groups excluding tert-OH is 1. The van der Waals surface area contributed by atoms with Gasteiger partial charge in [-0.15, -0.1) is 10.2 Å². The zero-order valence-corrected chi connectivity index (χ0v) is 20.4. The summed E-state index contributed by atoms with van der Waals surface area (Å²) in [6.45, 7) is 1.59. The zero-order valence-electron chi connectivity index (χ0n) is 20.4. The van der Waals surface area contributed by atoms with Crippen LogP contribution in [0, 0.1) is 20.2 Å². The molecule has 0 saturated heterocycles. The van der Waals surface area contributed by atoms with Crippen molar-refractivity contribution in [2.45, 2.75) is 37.5 Å². The average Bonchev–Trinajstić information content (AvgIpc) is 3.29. The number of ether oxygens (including phenoxy) is 3. The van der Waals surface area contributed by atoms with Crippen LogP contribution in [0.5, 0.6) is 5.75 Å². The van der Waals surface area contributed by atoms with E-state index in [0.717, 1.165) is 0 Å². The Morgan fingerprint density at radius 3 is 2.30 bits per heavy atom. The largest absolute Gasteiger partial charge is 0.479 e. The minimum absolute atomic E-state index is 0.00375. The van der Waals surface area contributed by atoms with Gasteiger partial charge in [-0.3, -0.25) is 20.2 Å². The molecule has 0 saturated carbocycles. The summed E-state index contributed by atoms with van der Waals surface area (Å²) >= 11 is 0. The van der Waals surface area contributed by atoms with E-state index in [0.29, 0.717) is 11.3 Å². The maximum absolute atomic E-state index is 11.8.